The molecule has 0 fully saturated rings. The van der Waals surface area contributed by atoms with E-state index in [-0.39, 0.29) is 5.41 Å². The summed E-state index contributed by atoms with van der Waals surface area (Å²) in [6.45, 7) is 4.78. The molecular weight excluding hydrogens is 388 g/mol. The van der Waals surface area contributed by atoms with Gasteiger partial charge in [0.15, 0.2) is 0 Å². The number of pyridine rings is 1. The number of hydrogen-bond acceptors (Lipinski definition) is 1. The fourth-order valence-corrected chi connectivity index (χ4v) is 5.99. The van der Waals surface area contributed by atoms with Gasteiger partial charge in [-0.15, -0.1) is 0 Å². The summed E-state index contributed by atoms with van der Waals surface area (Å²) in [5.74, 6) is 0. The van der Waals surface area contributed by atoms with Crippen molar-refractivity contribution in [3.8, 4) is 16.8 Å². The highest BCUT2D eigenvalue weighted by Crippen LogP contribution is 2.55. The second-order valence-corrected chi connectivity index (χ2v) is 9.28. The SMILES string of the molecule is CC1(C)c2c(ccc3ccccc23)-c2ccc3c(c21)c1ccccc1n3-c1cccnc1. The highest BCUT2D eigenvalue weighted by atomic mass is 15.0. The van der Waals surface area contributed by atoms with E-state index in [0.717, 1.165) is 5.69 Å². The molecule has 0 aliphatic heterocycles. The summed E-state index contributed by atoms with van der Waals surface area (Å²) in [6.07, 6.45) is 3.78. The molecule has 0 saturated heterocycles. The topological polar surface area (TPSA) is 17.8 Å². The number of hydrogen-bond donors (Lipinski definition) is 0. The van der Waals surface area contributed by atoms with E-state index in [0.29, 0.717) is 0 Å². The van der Waals surface area contributed by atoms with Gasteiger partial charge in [-0.25, -0.2) is 0 Å². The highest BCUT2D eigenvalue weighted by molar-refractivity contribution is 6.15. The van der Waals surface area contributed by atoms with Crippen LogP contribution in [-0.4, -0.2) is 9.55 Å². The molecule has 0 spiro atoms. The number of para-hydroxylation sites is 1. The largest absolute Gasteiger partial charge is 0.308 e. The minimum absolute atomic E-state index is 0.102. The molecule has 0 bridgehead atoms. The van der Waals surface area contributed by atoms with Gasteiger partial charge in [-0.2, -0.15) is 0 Å². The Morgan fingerprint density at radius 2 is 1.41 bits per heavy atom. The molecule has 0 N–H and O–H groups in total. The lowest BCUT2D eigenvalue weighted by atomic mass is 9.78. The lowest BCUT2D eigenvalue weighted by molar-refractivity contribution is 0.672. The number of fused-ring (bicyclic) bond motifs is 9. The molecule has 6 aromatic rings. The molecule has 2 aromatic heterocycles. The Morgan fingerprint density at radius 3 is 2.25 bits per heavy atom. The van der Waals surface area contributed by atoms with Crippen LogP contribution in [0.1, 0.15) is 25.0 Å². The third kappa shape index (κ3) is 2.12. The van der Waals surface area contributed by atoms with Crippen LogP contribution in [0, 0.1) is 0 Å². The summed E-state index contributed by atoms with van der Waals surface area (Å²) < 4.78 is 2.36. The molecule has 1 aliphatic rings. The molecular formula is C30H22N2. The average Bonchev–Trinajstić information content (AvgIpc) is 3.29. The van der Waals surface area contributed by atoms with Crippen LogP contribution in [0.15, 0.2) is 97.3 Å². The maximum Gasteiger partial charge on any atom is 0.0645 e. The van der Waals surface area contributed by atoms with Crippen LogP contribution in [0.25, 0.3) is 49.4 Å². The second kappa shape index (κ2) is 6.08. The number of benzene rings is 4. The molecule has 0 amide bonds. The van der Waals surface area contributed by atoms with Gasteiger partial charge >= 0.3 is 0 Å². The third-order valence-corrected chi connectivity index (χ3v) is 7.21. The Balaban J connectivity index is 1.67. The van der Waals surface area contributed by atoms with Gasteiger partial charge in [-0.1, -0.05) is 74.5 Å². The fraction of sp³-hybridized carbons (Fsp3) is 0.100. The molecule has 0 saturated carbocycles. The zero-order chi connectivity index (χ0) is 21.4. The lowest BCUT2D eigenvalue weighted by Crippen LogP contribution is -2.16. The summed E-state index contributed by atoms with van der Waals surface area (Å²) in [5.41, 5.74) is 9.05. The standard InChI is InChI=1S/C30H22N2/c1-30(2)28-21-10-4-3-8-19(21)13-14-22(28)23-15-16-26-27(29(23)30)24-11-5-6-12-25(24)32(26)20-9-7-17-31-18-20/h3-18H,1-2H3. The zero-order valence-corrected chi connectivity index (χ0v) is 18.1. The number of aromatic nitrogens is 2. The summed E-state index contributed by atoms with van der Waals surface area (Å²) >= 11 is 0. The van der Waals surface area contributed by atoms with Crippen LogP contribution in [-0.2, 0) is 5.41 Å². The first kappa shape index (κ1) is 17.7. The van der Waals surface area contributed by atoms with Gasteiger partial charge in [0.25, 0.3) is 0 Å². The van der Waals surface area contributed by atoms with E-state index in [1.807, 2.05) is 18.5 Å². The van der Waals surface area contributed by atoms with Crippen LogP contribution < -0.4 is 0 Å². The number of rotatable bonds is 1. The van der Waals surface area contributed by atoms with Crippen molar-refractivity contribution in [1.82, 2.24) is 9.55 Å². The Bertz CT molecular complexity index is 1690. The Labute approximate surface area is 186 Å². The molecule has 7 rings (SSSR count). The Hall–Kier alpha value is -3.91. The van der Waals surface area contributed by atoms with Gasteiger partial charge in [-0.3, -0.25) is 4.98 Å². The fourth-order valence-electron chi connectivity index (χ4n) is 5.99. The lowest BCUT2D eigenvalue weighted by Gasteiger charge is -2.24. The van der Waals surface area contributed by atoms with E-state index in [1.54, 1.807) is 0 Å². The highest BCUT2D eigenvalue weighted by Gasteiger charge is 2.39. The van der Waals surface area contributed by atoms with E-state index < -0.39 is 0 Å². The molecule has 0 atom stereocenters. The van der Waals surface area contributed by atoms with Crippen LogP contribution in [0.5, 0.6) is 0 Å². The van der Waals surface area contributed by atoms with Crippen LogP contribution >= 0.6 is 0 Å². The van der Waals surface area contributed by atoms with Gasteiger partial charge in [0, 0.05) is 22.4 Å². The first-order valence-electron chi connectivity index (χ1n) is 11.2. The quantitative estimate of drug-likeness (QED) is 0.272. The predicted molar refractivity (Wildman–Crippen MR) is 134 cm³/mol. The monoisotopic (exact) mass is 410 g/mol. The Kier molecular flexibility index (Phi) is 3.37. The smallest absolute Gasteiger partial charge is 0.0645 e. The molecule has 32 heavy (non-hydrogen) atoms. The van der Waals surface area contributed by atoms with Crippen molar-refractivity contribution >= 4 is 32.6 Å². The first-order chi connectivity index (χ1) is 15.7. The van der Waals surface area contributed by atoms with Crippen LogP contribution in [0.2, 0.25) is 0 Å². The molecule has 1 aliphatic carbocycles. The van der Waals surface area contributed by atoms with E-state index in [9.17, 15) is 0 Å². The van der Waals surface area contributed by atoms with E-state index >= 15 is 0 Å². The van der Waals surface area contributed by atoms with Gasteiger partial charge in [-0.05, 0) is 57.3 Å². The Morgan fingerprint density at radius 1 is 0.656 bits per heavy atom. The average molecular weight is 411 g/mol. The van der Waals surface area contributed by atoms with Crippen molar-refractivity contribution in [2.75, 3.05) is 0 Å². The van der Waals surface area contributed by atoms with Crippen molar-refractivity contribution < 1.29 is 0 Å². The molecule has 0 unspecified atom stereocenters. The molecule has 4 aromatic carbocycles. The van der Waals surface area contributed by atoms with E-state index in [2.05, 4.69) is 102 Å². The third-order valence-electron chi connectivity index (χ3n) is 7.21. The van der Waals surface area contributed by atoms with Crippen LogP contribution in [0.3, 0.4) is 0 Å². The van der Waals surface area contributed by atoms with Crippen molar-refractivity contribution in [2.24, 2.45) is 0 Å². The van der Waals surface area contributed by atoms with Crippen LogP contribution in [0.4, 0.5) is 0 Å². The summed E-state index contributed by atoms with van der Waals surface area (Å²) in [6, 6.07) is 30.9. The maximum absolute atomic E-state index is 4.40. The zero-order valence-electron chi connectivity index (χ0n) is 18.1. The molecule has 2 heterocycles. The summed E-state index contributed by atoms with van der Waals surface area (Å²) in [4.78, 5) is 4.40. The number of nitrogens with zero attached hydrogens (tertiary/aromatic N) is 2. The van der Waals surface area contributed by atoms with Crippen molar-refractivity contribution in [3.05, 3.63) is 108 Å². The maximum atomic E-state index is 4.40. The van der Waals surface area contributed by atoms with Gasteiger partial charge in [0.2, 0.25) is 0 Å². The van der Waals surface area contributed by atoms with Gasteiger partial charge < -0.3 is 4.57 Å². The minimum Gasteiger partial charge on any atom is -0.308 e. The van der Waals surface area contributed by atoms with E-state index in [1.165, 1.54) is 54.8 Å². The van der Waals surface area contributed by atoms with Crippen molar-refractivity contribution in [3.63, 3.8) is 0 Å². The summed E-state index contributed by atoms with van der Waals surface area (Å²) in [5, 5.41) is 5.32. The van der Waals surface area contributed by atoms with Gasteiger partial charge in [0.05, 0.1) is 22.9 Å². The molecule has 2 heteroatoms. The van der Waals surface area contributed by atoms with Crippen molar-refractivity contribution in [2.45, 2.75) is 19.3 Å². The van der Waals surface area contributed by atoms with E-state index in [4.69, 9.17) is 0 Å². The minimum atomic E-state index is -0.102. The first-order valence-corrected chi connectivity index (χ1v) is 11.2. The molecule has 2 nitrogen and oxygen atoms in total. The molecule has 152 valence electrons. The molecule has 0 radical (unpaired) electrons. The van der Waals surface area contributed by atoms with Gasteiger partial charge in [0.1, 0.15) is 0 Å². The van der Waals surface area contributed by atoms with Crippen molar-refractivity contribution in [1.29, 1.82) is 0 Å². The second-order valence-electron chi connectivity index (χ2n) is 9.28. The predicted octanol–water partition coefficient (Wildman–Crippen LogP) is 7.64. The normalized spacial score (nSPS) is 14.2. The summed E-state index contributed by atoms with van der Waals surface area (Å²) in [7, 11) is 0.